The third-order valence-electron chi connectivity index (χ3n) is 8.55. The molecule has 0 saturated heterocycles. The number of carbonyl (C=O) groups is 3. The lowest BCUT2D eigenvalue weighted by Crippen LogP contribution is -2.29. The van der Waals surface area contributed by atoms with Gasteiger partial charge in [0.25, 0.3) is 0 Å². The molecule has 0 amide bonds. The van der Waals surface area contributed by atoms with Crippen LogP contribution in [-0.4, -0.2) is 63.3 Å². The van der Waals surface area contributed by atoms with Gasteiger partial charge in [0.1, 0.15) is 19.8 Å². The Balaban J connectivity index is 4.14. The number of hydrogen-bond donors (Lipinski definition) is 0. The van der Waals surface area contributed by atoms with E-state index in [1.165, 1.54) is 64.2 Å². The molecule has 0 aromatic rings. The van der Waals surface area contributed by atoms with E-state index >= 15 is 0 Å². The Labute approximate surface area is 313 Å². The van der Waals surface area contributed by atoms with Gasteiger partial charge in [0, 0.05) is 12.8 Å². The summed E-state index contributed by atoms with van der Waals surface area (Å²) < 4.78 is 16.4. The van der Waals surface area contributed by atoms with Gasteiger partial charge in [0.2, 0.25) is 0 Å². The maximum Gasteiger partial charge on any atom is 0.320 e. The Morgan fingerprint density at radius 3 is 1.16 bits per heavy atom. The van der Waals surface area contributed by atoms with Gasteiger partial charge in [-0.2, -0.15) is 0 Å². The summed E-state index contributed by atoms with van der Waals surface area (Å²) in [6, 6.07) is 0. The third-order valence-corrected chi connectivity index (χ3v) is 8.55. The summed E-state index contributed by atoms with van der Waals surface area (Å²) in [6.45, 7) is 4.79. The highest BCUT2D eigenvalue weighted by Crippen LogP contribution is 2.12. The predicted octanol–water partition coefficient (Wildman–Crippen LogP) is 11.4. The maximum atomic E-state index is 12.4. The minimum Gasteiger partial charge on any atom is -0.465 e. The van der Waals surface area contributed by atoms with Crippen molar-refractivity contribution >= 4 is 17.9 Å². The van der Waals surface area contributed by atoms with E-state index < -0.39 is 5.92 Å². The fourth-order valence-electron chi connectivity index (χ4n) is 5.39. The Morgan fingerprint density at radius 2 is 0.784 bits per heavy atom. The molecule has 0 unspecified atom stereocenters. The number of carbonyl (C=O) groups excluding carboxylic acids is 3. The molecular formula is C44H77NO6. The first-order valence-corrected chi connectivity index (χ1v) is 20.6. The van der Waals surface area contributed by atoms with Gasteiger partial charge >= 0.3 is 17.9 Å². The molecule has 51 heavy (non-hydrogen) atoms. The highest BCUT2D eigenvalue weighted by molar-refractivity contribution is 5.71. The van der Waals surface area contributed by atoms with Crippen LogP contribution < -0.4 is 0 Å². The number of nitrogens with zero attached hydrogens (tertiary/aromatic N) is 1. The number of rotatable bonds is 36. The van der Waals surface area contributed by atoms with Gasteiger partial charge < -0.3 is 14.2 Å². The van der Waals surface area contributed by atoms with Crippen molar-refractivity contribution in [3.8, 4) is 0 Å². The minimum atomic E-state index is -0.391. The zero-order valence-electron chi connectivity index (χ0n) is 33.4. The molecule has 0 N–H and O–H groups in total. The summed E-state index contributed by atoms with van der Waals surface area (Å²) in [4.78, 5) is 38.6. The van der Waals surface area contributed by atoms with Crippen molar-refractivity contribution in [3.63, 3.8) is 0 Å². The maximum absolute atomic E-state index is 12.4. The number of ether oxygens (including phenoxy) is 3. The van der Waals surface area contributed by atoms with E-state index in [1.54, 1.807) is 19.0 Å². The molecule has 0 aromatic carbocycles. The molecule has 0 aromatic heterocycles. The second kappa shape index (κ2) is 38.6. The Bertz CT molecular complexity index is 876. The fraction of sp³-hybridized carbons (Fsp3) is 0.750. The first-order chi connectivity index (χ1) is 24.9. The van der Waals surface area contributed by atoms with Gasteiger partial charge in [-0.1, -0.05) is 127 Å². The zero-order valence-corrected chi connectivity index (χ0v) is 33.4. The van der Waals surface area contributed by atoms with Crippen LogP contribution in [0, 0.1) is 5.92 Å². The number of esters is 3. The quantitative estimate of drug-likeness (QED) is 0.0276. The molecule has 0 spiro atoms. The molecule has 0 aliphatic carbocycles. The van der Waals surface area contributed by atoms with Crippen LogP contribution in [-0.2, 0) is 28.6 Å². The number of unbranched alkanes of at least 4 members (excludes halogenated alkanes) is 16. The lowest BCUT2D eigenvalue weighted by atomic mass is 10.1. The van der Waals surface area contributed by atoms with Crippen LogP contribution in [0.2, 0.25) is 0 Å². The average molecular weight is 716 g/mol. The van der Waals surface area contributed by atoms with Gasteiger partial charge in [-0.05, 0) is 91.1 Å². The predicted molar refractivity (Wildman–Crippen MR) is 214 cm³/mol. The van der Waals surface area contributed by atoms with Crippen molar-refractivity contribution in [2.24, 2.45) is 5.92 Å². The molecule has 0 bridgehead atoms. The van der Waals surface area contributed by atoms with Crippen LogP contribution in [0.25, 0.3) is 0 Å². The van der Waals surface area contributed by atoms with Gasteiger partial charge in [-0.3, -0.25) is 19.3 Å². The van der Waals surface area contributed by atoms with Crippen molar-refractivity contribution in [1.82, 2.24) is 4.90 Å². The fourth-order valence-corrected chi connectivity index (χ4v) is 5.39. The summed E-state index contributed by atoms with van der Waals surface area (Å²) in [5.41, 5.74) is 0. The molecule has 0 saturated carbocycles. The number of likely N-dealkylation sites (N-methyl/N-ethyl adjacent to an activating group) is 1. The smallest absolute Gasteiger partial charge is 0.320 e. The molecule has 7 heteroatoms. The van der Waals surface area contributed by atoms with Crippen LogP contribution in [0.3, 0.4) is 0 Å². The lowest BCUT2D eigenvalue weighted by molar-refractivity contribution is -0.153. The molecule has 0 atom stereocenters. The molecule has 0 radical (unpaired) electrons. The Kier molecular flexibility index (Phi) is 36.5. The van der Waals surface area contributed by atoms with Gasteiger partial charge in [-0.25, -0.2) is 0 Å². The number of allylic oxidation sites excluding steroid dienone is 8. The molecule has 0 rings (SSSR count). The molecule has 0 aliphatic rings. The summed E-state index contributed by atoms with van der Waals surface area (Å²) >= 11 is 0. The van der Waals surface area contributed by atoms with Crippen molar-refractivity contribution in [2.45, 2.75) is 168 Å². The number of hydrogen-bond acceptors (Lipinski definition) is 7. The summed E-state index contributed by atoms with van der Waals surface area (Å²) in [5, 5.41) is 0. The van der Waals surface area contributed by atoms with E-state index in [0.29, 0.717) is 12.8 Å². The Hall–Kier alpha value is -2.67. The summed E-state index contributed by atoms with van der Waals surface area (Å²) in [6.07, 6.45) is 43.7. The van der Waals surface area contributed by atoms with E-state index in [0.717, 1.165) is 77.0 Å². The summed E-state index contributed by atoms with van der Waals surface area (Å²) in [7, 11) is 3.59. The van der Waals surface area contributed by atoms with Crippen LogP contribution in [0.5, 0.6) is 0 Å². The molecule has 7 nitrogen and oxygen atoms in total. The molecule has 0 fully saturated rings. The highest BCUT2D eigenvalue weighted by atomic mass is 16.6. The minimum absolute atomic E-state index is 0.0423. The van der Waals surface area contributed by atoms with Crippen molar-refractivity contribution in [3.05, 3.63) is 48.6 Å². The van der Waals surface area contributed by atoms with Crippen molar-refractivity contribution < 1.29 is 28.6 Å². The SMILES string of the molecule is CCCCC/C=C\C/C=C\CCCCCCCC(=O)OCC(COC(=O)CCCCCCC/C=C\C/C=C\CCCCC)COC(=O)CN(C)C. The van der Waals surface area contributed by atoms with E-state index in [-0.39, 0.29) is 44.3 Å². The van der Waals surface area contributed by atoms with E-state index in [9.17, 15) is 14.4 Å². The topological polar surface area (TPSA) is 82.1 Å². The van der Waals surface area contributed by atoms with Crippen LogP contribution >= 0.6 is 0 Å². The molecule has 294 valence electrons. The first-order valence-electron chi connectivity index (χ1n) is 20.6. The van der Waals surface area contributed by atoms with Crippen molar-refractivity contribution in [1.29, 1.82) is 0 Å². The molecule has 0 heterocycles. The first kappa shape index (κ1) is 48.3. The summed E-state index contributed by atoms with van der Waals surface area (Å²) in [5.74, 6) is -1.28. The van der Waals surface area contributed by atoms with Crippen LogP contribution in [0.4, 0.5) is 0 Å². The van der Waals surface area contributed by atoms with E-state index in [1.807, 2.05) is 0 Å². The zero-order chi connectivity index (χ0) is 37.5. The monoisotopic (exact) mass is 716 g/mol. The highest BCUT2D eigenvalue weighted by Gasteiger charge is 2.18. The van der Waals surface area contributed by atoms with Gasteiger partial charge in [-0.15, -0.1) is 0 Å². The molecule has 0 aliphatic heterocycles. The van der Waals surface area contributed by atoms with Crippen molar-refractivity contribution in [2.75, 3.05) is 40.5 Å². The van der Waals surface area contributed by atoms with Crippen LogP contribution in [0.1, 0.15) is 168 Å². The molecular weight excluding hydrogens is 638 g/mol. The lowest BCUT2D eigenvalue weighted by Gasteiger charge is -2.18. The van der Waals surface area contributed by atoms with Crippen LogP contribution in [0.15, 0.2) is 48.6 Å². The largest absolute Gasteiger partial charge is 0.465 e. The van der Waals surface area contributed by atoms with E-state index in [4.69, 9.17) is 14.2 Å². The average Bonchev–Trinajstić information content (AvgIpc) is 3.10. The Morgan fingerprint density at radius 1 is 0.451 bits per heavy atom. The second-order valence-electron chi connectivity index (χ2n) is 14.1. The standard InChI is InChI=1S/C44H77NO6/c1-5-7-9-11-13-15-17-19-21-23-25-27-29-31-33-35-42(46)49-38-41(40-51-44(48)37-45(3)4)39-50-43(47)36-34-32-30-28-26-24-22-20-18-16-14-12-10-8-6-2/h13-16,19-22,41H,5-12,17-18,23-40H2,1-4H3/b15-13-,16-14-,21-19-,22-20-. The third kappa shape index (κ3) is 38.4. The second-order valence-corrected chi connectivity index (χ2v) is 14.1. The van der Waals surface area contributed by atoms with E-state index in [2.05, 4.69) is 62.5 Å². The van der Waals surface area contributed by atoms with Gasteiger partial charge in [0.05, 0.1) is 12.5 Å². The van der Waals surface area contributed by atoms with Gasteiger partial charge in [0.15, 0.2) is 0 Å². The normalized spacial score (nSPS) is 12.0.